The van der Waals surface area contributed by atoms with Crippen LogP contribution in [0.4, 0.5) is 17.1 Å². The quantitative estimate of drug-likeness (QED) is 0.231. The smallest absolute Gasteiger partial charge is 0.248 e. The Kier molecular flexibility index (Phi) is 7.93. The molecular formula is C29H24N2O2S. The third-order valence-corrected chi connectivity index (χ3v) is 5.99. The minimum absolute atomic E-state index is 0.00849. The predicted octanol–water partition coefficient (Wildman–Crippen LogP) is 6.80. The topological polar surface area (TPSA) is 49.4 Å². The van der Waals surface area contributed by atoms with Crippen LogP contribution in [-0.2, 0) is 9.59 Å². The number of thioether (sulfide) groups is 1. The maximum atomic E-state index is 13.2. The van der Waals surface area contributed by atoms with E-state index in [0.717, 1.165) is 21.8 Å². The molecule has 1 N–H and O–H groups in total. The fourth-order valence-corrected chi connectivity index (χ4v) is 4.10. The zero-order valence-corrected chi connectivity index (χ0v) is 19.3. The first-order chi connectivity index (χ1) is 16.7. The van der Waals surface area contributed by atoms with Crippen LogP contribution >= 0.6 is 11.8 Å². The van der Waals surface area contributed by atoms with Crippen molar-refractivity contribution in [3.05, 3.63) is 127 Å². The van der Waals surface area contributed by atoms with Crippen LogP contribution in [0.15, 0.2) is 126 Å². The largest absolute Gasteiger partial charge is 0.323 e. The van der Waals surface area contributed by atoms with Gasteiger partial charge >= 0.3 is 0 Å². The lowest BCUT2D eigenvalue weighted by Crippen LogP contribution is -2.27. The van der Waals surface area contributed by atoms with Crippen molar-refractivity contribution < 1.29 is 9.59 Å². The normalized spacial score (nSPS) is 10.7. The molecule has 34 heavy (non-hydrogen) atoms. The van der Waals surface area contributed by atoms with Crippen LogP contribution in [0.1, 0.15) is 5.56 Å². The Bertz CT molecular complexity index is 1200. The molecule has 0 atom stereocenters. The second kappa shape index (κ2) is 11.7. The van der Waals surface area contributed by atoms with Gasteiger partial charge in [-0.3, -0.25) is 14.5 Å². The lowest BCUT2D eigenvalue weighted by Gasteiger charge is -2.23. The Hall–Kier alpha value is -4.09. The molecule has 0 saturated heterocycles. The van der Waals surface area contributed by atoms with E-state index in [0.29, 0.717) is 5.69 Å². The molecule has 0 aliphatic heterocycles. The maximum absolute atomic E-state index is 13.2. The summed E-state index contributed by atoms with van der Waals surface area (Å²) in [7, 11) is 0. The molecule has 0 unspecified atom stereocenters. The van der Waals surface area contributed by atoms with E-state index < -0.39 is 0 Å². The number of carbonyl (C=O) groups excluding carboxylic acids is 2. The van der Waals surface area contributed by atoms with Gasteiger partial charge in [-0.05, 0) is 60.2 Å². The number of nitrogens with one attached hydrogen (secondary N) is 1. The van der Waals surface area contributed by atoms with Crippen molar-refractivity contribution in [3.8, 4) is 0 Å². The minimum atomic E-state index is -0.194. The van der Waals surface area contributed by atoms with E-state index in [1.165, 1.54) is 17.8 Å². The number of carbonyl (C=O) groups is 2. The number of anilines is 3. The molecule has 2 amide bonds. The molecule has 0 aromatic heterocycles. The van der Waals surface area contributed by atoms with Crippen LogP contribution in [0.25, 0.3) is 6.08 Å². The van der Waals surface area contributed by atoms with Crippen LogP contribution in [0.5, 0.6) is 0 Å². The fourth-order valence-electron chi connectivity index (χ4n) is 3.36. The Morgan fingerprint density at radius 1 is 0.706 bits per heavy atom. The van der Waals surface area contributed by atoms with Crippen molar-refractivity contribution in [2.24, 2.45) is 0 Å². The number of hydrogen-bond acceptors (Lipinski definition) is 3. The van der Waals surface area contributed by atoms with Gasteiger partial charge < -0.3 is 5.32 Å². The number of para-hydroxylation sites is 2. The maximum Gasteiger partial charge on any atom is 0.248 e. The molecule has 0 aliphatic rings. The Labute approximate surface area is 203 Å². The average Bonchev–Trinajstić information content (AvgIpc) is 2.89. The van der Waals surface area contributed by atoms with Gasteiger partial charge in [0.15, 0.2) is 0 Å². The predicted molar refractivity (Wildman–Crippen MR) is 141 cm³/mol. The lowest BCUT2D eigenvalue weighted by atomic mass is 10.2. The molecule has 0 radical (unpaired) electrons. The van der Waals surface area contributed by atoms with Crippen molar-refractivity contribution >= 4 is 46.7 Å². The number of nitrogens with zero attached hydrogens (tertiary/aromatic N) is 1. The van der Waals surface area contributed by atoms with Crippen molar-refractivity contribution in [3.63, 3.8) is 0 Å². The summed E-state index contributed by atoms with van der Waals surface area (Å²) in [5.74, 6) is 0.0848. The Balaban J connectivity index is 1.36. The van der Waals surface area contributed by atoms with Gasteiger partial charge in [-0.2, -0.15) is 0 Å². The second-order valence-electron chi connectivity index (χ2n) is 7.45. The van der Waals surface area contributed by atoms with Gasteiger partial charge in [0.2, 0.25) is 11.8 Å². The molecule has 168 valence electrons. The zero-order valence-electron chi connectivity index (χ0n) is 18.5. The molecule has 4 rings (SSSR count). The highest BCUT2D eigenvalue weighted by atomic mass is 32.2. The fraction of sp³-hybridized carbons (Fsp3) is 0.0345. The van der Waals surface area contributed by atoms with Crippen LogP contribution < -0.4 is 10.2 Å². The second-order valence-corrected chi connectivity index (χ2v) is 8.50. The third-order valence-electron chi connectivity index (χ3n) is 4.99. The highest BCUT2D eigenvalue weighted by Crippen LogP contribution is 2.28. The van der Waals surface area contributed by atoms with Crippen molar-refractivity contribution in [1.82, 2.24) is 0 Å². The third kappa shape index (κ3) is 6.47. The van der Waals surface area contributed by atoms with E-state index >= 15 is 0 Å². The van der Waals surface area contributed by atoms with Crippen molar-refractivity contribution in [2.45, 2.75) is 4.90 Å². The van der Waals surface area contributed by atoms with Gasteiger partial charge in [0.1, 0.15) is 0 Å². The van der Waals surface area contributed by atoms with Gasteiger partial charge in [-0.25, -0.2) is 0 Å². The van der Waals surface area contributed by atoms with E-state index in [4.69, 9.17) is 0 Å². The van der Waals surface area contributed by atoms with E-state index in [9.17, 15) is 9.59 Å². The SMILES string of the molecule is O=C(/C=C/c1ccccc1)Nc1ccc(SCC(=O)N(c2ccccc2)c2ccccc2)cc1. The van der Waals surface area contributed by atoms with Crippen LogP contribution in [0.3, 0.4) is 0 Å². The Morgan fingerprint density at radius 2 is 1.24 bits per heavy atom. The van der Waals surface area contributed by atoms with Gasteiger partial charge in [0.25, 0.3) is 0 Å². The number of rotatable bonds is 8. The summed E-state index contributed by atoms with van der Waals surface area (Å²) in [5.41, 5.74) is 3.34. The van der Waals surface area contributed by atoms with Gasteiger partial charge in [0.05, 0.1) is 5.75 Å². The lowest BCUT2D eigenvalue weighted by molar-refractivity contribution is -0.115. The average molecular weight is 465 g/mol. The van der Waals surface area contributed by atoms with Crippen molar-refractivity contribution in [2.75, 3.05) is 16.0 Å². The summed E-state index contributed by atoms with van der Waals surface area (Å²) >= 11 is 1.46. The van der Waals surface area contributed by atoms with Crippen LogP contribution in [-0.4, -0.2) is 17.6 Å². The zero-order chi connectivity index (χ0) is 23.6. The molecule has 0 saturated carbocycles. The van der Waals surface area contributed by atoms with Crippen LogP contribution in [0.2, 0.25) is 0 Å². The highest BCUT2D eigenvalue weighted by Gasteiger charge is 2.17. The van der Waals surface area contributed by atoms with E-state index in [1.807, 2.05) is 115 Å². The number of benzene rings is 4. The van der Waals surface area contributed by atoms with Crippen LogP contribution in [0, 0.1) is 0 Å². The summed E-state index contributed by atoms with van der Waals surface area (Å²) in [6.07, 6.45) is 3.29. The summed E-state index contributed by atoms with van der Waals surface area (Å²) < 4.78 is 0. The first-order valence-corrected chi connectivity index (χ1v) is 11.9. The van der Waals surface area contributed by atoms with E-state index in [-0.39, 0.29) is 17.6 Å². The summed E-state index contributed by atoms with van der Waals surface area (Å²) in [4.78, 5) is 28.0. The molecule has 4 aromatic rings. The molecular weight excluding hydrogens is 440 g/mol. The number of amides is 2. The molecule has 0 spiro atoms. The molecule has 0 aliphatic carbocycles. The summed E-state index contributed by atoms with van der Waals surface area (Å²) in [6.45, 7) is 0. The molecule has 0 fully saturated rings. The first kappa shape index (κ1) is 23.1. The van der Waals surface area contributed by atoms with Gasteiger partial charge in [-0.1, -0.05) is 66.7 Å². The highest BCUT2D eigenvalue weighted by molar-refractivity contribution is 8.00. The Morgan fingerprint density at radius 3 is 1.79 bits per heavy atom. The minimum Gasteiger partial charge on any atom is -0.323 e. The first-order valence-electron chi connectivity index (χ1n) is 10.9. The van der Waals surface area contributed by atoms with Gasteiger partial charge in [-0.15, -0.1) is 11.8 Å². The van der Waals surface area contributed by atoms with Crippen molar-refractivity contribution in [1.29, 1.82) is 0 Å². The molecule has 5 heteroatoms. The molecule has 0 bridgehead atoms. The monoisotopic (exact) mass is 464 g/mol. The molecule has 4 aromatic carbocycles. The van der Waals surface area contributed by atoms with Gasteiger partial charge in [0, 0.05) is 28.0 Å². The standard InChI is InChI=1S/C29H24N2O2S/c32-28(21-16-23-10-4-1-5-11-23)30-24-17-19-27(20-18-24)34-22-29(33)31(25-12-6-2-7-13-25)26-14-8-3-9-15-26/h1-21H,22H2,(H,30,32)/b21-16+. The summed E-state index contributed by atoms with van der Waals surface area (Å²) in [6, 6.07) is 36.4. The van der Waals surface area contributed by atoms with E-state index in [1.54, 1.807) is 11.0 Å². The van der Waals surface area contributed by atoms with E-state index in [2.05, 4.69) is 5.32 Å². The molecule has 4 nitrogen and oxygen atoms in total. The molecule has 0 heterocycles. The number of hydrogen-bond donors (Lipinski definition) is 1. The summed E-state index contributed by atoms with van der Waals surface area (Å²) in [5, 5.41) is 2.86.